The van der Waals surface area contributed by atoms with Crippen LogP contribution in [0.4, 0.5) is 5.82 Å². The summed E-state index contributed by atoms with van der Waals surface area (Å²) in [6.45, 7) is 11.8. The normalized spacial score (nSPS) is 18.7. The number of anilines is 1. The van der Waals surface area contributed by atoms with E-state index in [-0.39, 0.29) is 30.0 Å². The first-order valence-electron chi connectivity index (χ1n) is 11.2. The van der Waals surface area contributed by atoms with Crippen molar-refractivity contribution in [1.29, 1.82) is 0 Å². The van der Waals surface area contributed by atoms with Crippen molar-refractivity contribution in [2.75, 3.05) is 57.3 Å². The lowest BCUT2D eigenvalue weighted by Crippen LogP contribution is -2.53. The van der Waals surface area contributed by atoms with Crippen LogP contribution >= 0.6 is 24.0 Å². The summed E-state index contributed by atoms with van der Waals surface area (Å²) in [4.78, 5) is 16.8. The van der Waals surface area contributed by atoms with Crippen LogP contribution in [0.3, 0.4) is 0 Å². The van der Waals surface area contributed by atoms with Crippen molar-refractivity contribution in [3.63, 3.8) is 0 Å². The molecule has 2 aliphatic rings. The van der Waals surface area contributed by atoms with Crippen molar-refractivity contribution in [2.45, 2.75) is 32.7 Å². The van der Waals surface area contributed by atoms with Crippen molar-refractivity contribution in [3.05, 3.63) is 48.0 Å². The zero-order valence-electron chi connectivity index (χ0n) is 18.7. The average molecular weight is 538 g/mol. The average Bonchev–Trinajstić information content (AvgIpc) is 3.46. The van der Waals surface area contributed by atoms with Crippen LogP contribution in [0.15, 0.2) is 45.9 Å². The van der Waals surface area contributed by atoms with Gasteiger partial charge in [0.25, 0.3) is 0 Å². The van der Waals surface area contributed by atoms with Gasteiger partial charge in [0.05, 0.1) is 12.6 Å². The Kier molecular flexibility index (Phi) is 9.01. The Hall–Kier alpha value is -1.81. The van der Waals surface area contributed by atoms with Gasteiger partial charge in [0.2, 0.25) is 0 Å². The van der Waals surface area contributed by atoms with E-state index in [9.17, 15) is 0 Å². The van der Waals surface area contributed by atoms with Crippen LogP contribution in [-0.4, -0.2) is 73.1 Å². The van der Waals surface area contributed by atoms with E-state index in [2.05, 4.69) is 56.2 Å². The van der Waals surface area contributed by atoms with Crippen molar-refractivity contribution in [3.8, 4) is 0 Å². The first-order valence-corrected chi connectivity index (χ1v) is 11.2. The number of aryl methyl sites for hydroxylation is 1. The molecule has 2 aromatic rings. The van der Waals surface area contributed by atoms with Gasteiger partial charge in [0.15, 0.2) is 5.96 Å². The van der Waals surface area contributed by atoms with E-state index in [4.69, 9.17) is 9.41 Å². The molecule has 0 radical (unpaired) electrons. The second-order valence-electron chi connectivity index (χ2n) is 8.06. The Labute approximate surface area is 202 Å². The highest BCUT2D eigenvalue weighted by molar-refractivity contribution is 14.0. The van der Waals surface area contributed by atoms with E-state index in [0.29, 0.717) is 0 Å². The number of nitrogens with zero attached hydrogens (tertiary/aromatic N) is 5. The van der Waals surface area contributed by atoms with Gasteiger partial charge in [0, 0.05) is 38.9 Å². The van der Waals surface area contributed by atoms with E-state index in [1.165, 1.54) is 12.8 Å². The lowest BCUT2D eigenvalue weighted by Gasteiger charge is -2.37. The molecule has 31 heavy (non-hydrogen) atoms. The molecule has 4 rings (SSSR count). The van der Waals surface area contributed by atoms with Gasteiger partial charge in [0.1, 0.15) is 17.3 Å². The van der Waals surface area contributed by atoms with Crippen LogP contribution in [0.5, 0.6) is 0 Å². The van der Waals surface area contributed by atoms with Crippen LogP contribution in [0.2, 0.25) is 0 Å². The summed E-state index contributed by atoms with van der Waals surface area (Å²) in [7, 11) is 0. The molecule has 0 saturated carbocycles. The Morgan fingerprint density at radius 1 is 1.10 bits per heavy atom. The Morgan fingerprint density at radius 2 is 1.87 bits per heavy atom. The fourth-order valence-electron chi connectivity index (χ4n) is 4.36. The molecule has 4 heterocycles. The van der Waals surface area contributed by atoms with Crippen LogP contribution in [0, 0.1) is 6.92 Å². The van der Waals surface area contributed by atoms with Crippen molar-refractivity contribution in [2.24, 2.45) is 4.99 Å². The Morgan fingerprint density at radius 3 is 2.48 bits per heavy atom. The molecule has 8 heteroatoms. The van der Waals surface area contributed by atoms with Gasteiger partial charge in [-0.15, -0.1) is 24.0 Å². The largest absolute Gasteiger partial charge is 0.465 e. The van der Waals surface area contributed by atoms with Crippen LogP contribution in [0.1, 0.15) is 37.3 Å². The highest BCUT2D eigenvalue weighted by atomic mass is 127. The second-order valence-corrected chi connectivity index (χ2v) is 8.06. The number of nitrogens with one attached hydrogen (secondary N) is 1. The quantitative estimate of drug-likeness (QED) is 0.345. The summed E-state index contributed by atoms with van der Waals surface area (Å²) < 4.78 is 6.00. The number of halogens is 1. The monoisotopic (exact) mass is 538 g/mol. The maximum Gasteiger partial charge on any atom is 0.194 e. The predicted octanol–water partition coefficient (Wildman–Crippen LogP) is 3.53. The summed E-state index contributed by atoms with van der Waals surface area (Å²) in [5.41, 5.74) is 0. The van der Waals surface area contributed by atoms with Crippen molar-refractivity contribution in [1.82, 2.24) is 20.1 Å². The van der Waals surface area contributed by atoms with Crippen LogP contribution in [0.25, 0.3) is 0 Å². The maximum atomic E-state index is 6.00. The molecule has 0 bridgehead atoms. The molecule has 0 spiro atoms. The summed E-state index contributed by atoms with van der Waals surface area (Å²) in [5.74, 6) is 4.07. The lowest BCUT2D eigenvalue weighted by molar-refractivity contribution is 0.218. The van der Waals surface area contributed by atoms with Gasteiger partial charge in [-0.25, -0.2) is 4.98 Å². The zero-order chi connectivity index (χ0) is 20.8. The van der Waals surface area contributed by atoms with Crippen LogP contribution in [-0.2, 0) is 0 Å². The molecule has 1 N–H and O–H groups in total. The summed E-state index contributed by atoms with van der Waals surface area (Å²) >= 11 is 0. The first-order chi connectivity index (χ1) is 14.7. The second kappa shape index (κ2) is 11.7. The van der Waals surface area contributed by atoms with E-state index in [1.54, 1.807) is 0 Å². The van der Waals surface area contributed by atoms with Gasteiger partial charge in [-0.2, -0.15) is 0 Å². The topological polar surface area (TPSA) is 60.1 Å². The zero-order valence-corrected chi connectivity index (χ0v) is 21.0. The molecule has 0 aromatic carbocycles. The molecular formula is C23H35IN6O. The Bertz CT molecular complexity index is 812. The van der Waals surface area contributed by atoms with E-state index in [0.717, 1.165) is 75.7 Å². The third-order valence-electron chi connectivity index (χ3n) is 5.97. The third-order valence-corrected chi connectivity index (χ3v) is 5.97. The molecule has 1 atom stereocenters. The smallest absolute Gasteiger partial charge is 0.194 e. The minimum absolute atomic E-state index is 0. The van der Waals surface area contributed by atoms with Gasteiger partial charge < -0.3 is 19.5 Å². The third kappa shape index (κ3) is 6.12. The number of aliphatic imine (C=N–C) groups is 1. The number of guanidine groups is 1. The summed E-state index contributed by atoms with van der Waals surface area (Å²) in [5, 5.41) is 3.50. The molecule has 0 amide bonds. The van der Waals surface area contributed by atoms with Gasteiger partial charge >= 0.3 is 0 Å². The summed E-state index contributed by atoms with van der Waals surface area (Å²) in [6.07, 6.45) is 4.38. The molecule has 0 aliphatic carbocycles. The molecule has 7 nitrogen and oxygen atoms in total. The highest BCUT2D eigenvalue weighted by Gasteiger charge is 2.27. The minimum Gasteiger partial charge on any atom is -0.465 e. The predicted molar refractivity (Wildman–Crippen MR) is 136 cm³/mol. The lowest BCUT2D eigenvalue weighted by atomic mass is 10.2. The fourth-order valence-corrected chi connectivity index (χ4v) is 4.36. The minimum atomic E-state index is 0. The van der Waals surface area contributed by atoms with E-state index >= 15 is 0 Å². The number of hydrogen-bond donors (Lipinski definition) is 1. The fraction of sp³-hybridized carbons (Fsp3) is 0.565. The number of furan rings is 1. The van der Waals surface area contributed by atoms with E-state index in [1.807, 2.05) is 19.2 Å². The molecule has 2 saturated heterocycles. The number of piperazine rings is 1. The molecule has 170 valence electrons. The first kappa shape index (κ1) is 23.8. The van der Waals surface area contributed by atoms with Crippen molar-refractivity contribution < 1.29 is 4.42 Å². The van der Waals surface area contributed by atoms with Gasteiger partial charge in [-0.3, -0.25) is 9.89 Å². The van der Waals surface area contributed by atoms with Crippen molar-refractivity contribution >= 4 is 35.8 Å². The highest BCUT2D eigenvalue weighted by Crippen LogP contribution is 2.27. The number of likely N-dealkylation sites (tertiary alicyclic amines) is 1. The molecule has 2 aliphatic heterocycles. The molecular weight excluding hydrogens is 503 g/mol. The van der Waals surface area contributed by atoms with Gasteiger partial charge in [-0.05, 0) is 64.0 Å². The standard InChI is InChI=1S/C23H34N6O.HI/c1-3-24-23(29-16-14-28(15-17-29)22-8-4-5-11-25-22)26-18-20(27-12-6-7-13-27)21-10-9-19(2)30-21;/h4-5,8-11,20H,3,6-7,12-18H2,1-2H3,(H,24,26);1H. The molecule has 2 aromatic heterocycles. The summed E-state index contributed by atoms with van der Waals surface area (Å²) in [6, 6.07) is 10.5. The number of hydrogen-bond acceptors (Lipinski definition) is 5. The number of rotatable bonds is 6. The maximum absolute atomic E-state index is 6.00. The molecule has 1 unspecified atom stereocenters. The van der Waals surface area contributed by atoms with E-state index < -0.39 is 0 Å². The Balaban J connectivity index is 0.00000272. The number of pyridine rings is 1. The SMILES string of the molecule is CCNC(=NCC(c1ccc(C)o1)N1CCCC1)N1CCN(c2ccccn2)CC1.I. The van der Waals surface area contributed by atoms with Crippen LogP contribution < -0.4 is 10.2 Å². The molecule has 2 fully saturated rings. The van der Waals surface area contributed by atoms with Gasteiger partial charge in [-0.1, -0.05) is 6.07 Å². The number of aromatic nitrogens is 1.